The number of unbranched alkanes of at least 4 members (excludes halogenated alkanes) is 2. The lowest BCUT2D eigenvalue weighted by Gasteiger charge is -2.07. The standard InChI is InChI=1S/C22H31BrN4.2BrH/c1-3-5-10-24-12-14-26(18-24)16-20-8-7-9-21(22(20)23)17-27-15-13-25(19-27)11-6-4-2;;/h7-9,12-15,18-19H,3-6,10-11,16-17H2,1-2H3;2*1H/q+2;;/p-2. The largest absolute Gasteiger partial charge is 1.00 e. The number of rotatable bonds is 10. The third kappa shape index (κ3) is 7.68. The second-order valence-electron chi connectivity index (χ2n) is 7.24. The lowest BCUT2D eigenvalue weighted by Crippen LogP contribution is -3.00. The Morgan fingerprint density at radius 3 is 1.66 bits per heavy atom. The summed E-state index contributed by atoms with van der Waals surface area (Å²) >= 11 is 3.85. The van der Waals surface area contributed by atoms with E-state index >= 15 is 0 Å². The molecular weight excluding hydrogens is 560 g/mol. The van der Waals surface area contributed by atoms with Gasteiger partial charge in [0.2, 0.25) is 12.7 Å². The van der Waals surface area contributed by atoms with E-state index in [0.29, 0.717) is 0 Å². The van der Waals surface area contributed by atoms with E-state index in [9.17, 15) is 0 Å². The fourth-order valence-corrected chi connectivity index (χ4v) is 3.80. The van der Waals surface area contributed by atoms with Crippen molar-refractivity contribution in [3.63, 3.8) is 0 Å². The number of halogens is 3. The van der Waals surface area contributed by atoms with Crippen molar-refractivity contribution in [1.82, 2.24) is 9.13 Å². The maximum atomic E-state index is 3.85. The van der Waals surface area contributed by atoms with E-state index in [0.717, 1.165) is 26.2 Å². The van der Waals surface area contributed by atoms with Crippen LogP contribution >= 0.6 is 15.9 Å². The molecule has 4 nitrogen and oxygen atoms in total. The Hall–Kier alpha value is -0.920. The normalized spacial score (nSPS) is 10.4. The maximum absolute atomic E-state index is 3.85. The summed E-state index contributed by atoms with van der Waals surface area (Å²) in [5.41, 5.74) is 2.63. The third-order valence-corrected chi connectivity index (χ3v) is 5.92. The number of aryl methyl sites for hydroxylation is 2. The third-order valence-electron chi connectivity index (χ3n) is 4.90. The molecule has 29 heavy (non-hydrogen) atoms. The molecule has 0 bridgehead atoms. The van der Waals surface area contributed by atoms with Gasteiger partial charge in [-0.25, -0.2) is 18.3 Å². The van der Waals surface area contributed by atoms with Crippen molar-refractivity contribution >= 4 is 15.9 Å². The van der Waals surface area contributed by atoms with Gasteiger partial charge in [0.25, 0.3) is 0 Å². The van der Waals surface area contributed by atoms with Gasteiger partial charge in [-0.1, -0.05) is 44.9 Å². The van der Waals surface area contributed by atoms with Crippen molar-refractivity contribution in [2.24, 2.45) is 0 Å². The summed E-state index contributed by atoms with van der Waals surface area (Å²) in [6.45, 7) is 8.42. The molecule has 0 aliphatic heterocycles. The summed E-state index contributed by atoms with van der Waals surface area (Å²) in [6.07, 6.45) is 18.0. The van der Waals surface area contributed by atoms with Crippen LogP contribution in [0.5, 0.6) is 0 Å². The minimum atomic E-state index is 0. The van der Waals surface area contributed by atoms with Gasteiger partial charge in [0.15, 0.2) is 0 Å². The SMILES string of the molecule is CCCCn1cc[n+](Cc2cccc(C[n+]3ccn(CCCC)c3)c2Br)c1.[Br-].[Br-]. The fraction of sp³-hybridized carbons (Fsp3) is 0.455. The van der Waals surface area contributed by atoms with Crippen LogP contribution in [0.2, 0.25) is 0 Å². The van der Waals surface area contributed by atoms with Crippen LogP contribution in [-0.2, 0) is 26.2 Å². The first-order valence-electron chi connectivity index (χ1n) is 10.1. The van der Waals surface area contributed by atoms with Crippen LogP contribution in [0.1, 0.15) is 50.7 Å². The molecule has 0 aliphatic rings. The lowest BCUT2D eigenvalue weighted by atomic mass is 10.1. The molecule has 3 aromatic rings. The van der Waals surface area contributed by atoms with E-state index in [1.54, 1.807) is 0 Å². The minimum absolute atomic E-state index is 0. The molecular formula is C22H31Br3N4. The molecule has 0 atom stereocenters. The van der Waals surface area contributed by atoms with Crippen LogP contribution < -0.4 is 43.1 Å². The molecule has 160 valence electrons. The summed E-state index contributed by atoms with van der Waals surface area (Å²) in [7, 11) is 0. The van der Waals surface area contributed by atoms with E-state index < -0.39 is 0 Å². The van der Waals surface area contributed by atoms with Gasteiger partial charge in [0.1, 0.15) is 37.9 Å². The highest BCUT2D eigenvalue weighted by molar-refractivity contribution is 9.10. The monoisotopic (exact) mass is 588 g/mol. The zero-order chi connectivity index (χ0) is 19.1. The van der Waals surface area contributed by atoms with Crippen molar-refractivity contribution in [3.05, 3.63) is 71.2 Å². The number of nitrogens with zero attached hydrogens (tertiary/aromatic N) is 4. The van der Waals surface area contributed by atoms with Crippen LogP contribution in [0.25, 0.3) is 0 Å². The average Bonchev–Trinajstić information content (AvgIpc) is 3.31. The summed E-state index contributed by atoms with van der Waals surface area (Å²) < 4.78 is 10.3. The number of imidazole rings is 2. The number of hydrogen-bond acceptors (Lipinski definition) is 0. The molecule has 0 spiro atoms. The summed E-state index contributed by atoms with van der Waals surface area (Å²) in [5.74, 6) is 0. The van der Waals surface area contributed by atoms with Gasteiger partial charge in [-0.2, -0.15) is 0 Å². The molecule has 0 radical (unpaired) electrons. The number of benzene rings is 1. The van der Waals surface area contributed by atoms with Gasteiger partial charge in [-0.05, 0) is 28.8 Å². The second kappa shape index (κ2) is 13.4. The van der Waals surface area contributed by atoms with Gasteiger partial charge in [0, 0.05) is 15.6 Å². The van der Waals surface area contributed by atoms with Crippen molar-refractivity contribution in [3.8, 4) is 0 Å². The summed E-state index contributed by atoms with van der Waals surface area (Å²) in [4.78, 5) is 0. The molecule has 0 unspecified atom stereocenters. The lowest BCUT2D eigenvalue weighted by molar-refractivity contribution is -0.689. The first-order valence-corrected chi connectivity index (χ1v) is 10.8. The quantitative estimate of drug-likeness (QED) is 0.252. The fourth-order valence-electron chi connectivity index (χ4n) is 3.28. The van der Waals surface area contributed by atoms with Crippen LogP contribution in [0.3, 0.4) is 0 Å². The zero-order valence-electron chi connectivity index (χ0n) is 17.3. The van der Waals surface area contributed by atoms with E-state index in [2.05, 4.69) is 104 Å². The minimum Gasteiger partial charge on any atom is -1.00 e. The highest BCUT2D eigenvalue weighted by atomic mass is 79.9. The molecule has 0 fully saturated rings. The van der Waals surface area contributed by atoms with E-state index in [1.165, 1.54) is 41.3 Å². The first-order chi connectivity index (χ1) is 13.2. The Morgan fingerprint density at radius 1 is 0.793 bits per heavy atom. The molecule has 3 rings (SSSR count). The Kier molecular flexibility index (Phi) is 12.1. The van der Waals surface area contributed by atoms with Crippen molar-refractivity contribution in [2.75, 3.05) is 0 Å². The molecule has 1 aromatic carbocycles. The van der Waals surface area contributed by atoms with E-state index in [1.807, 2.05) is 0 Å². The van der Waals surface area contributed by atoms with Gasteiger partial charge in [0.05, 0.1) is 13.1 Å². The highest BCUT2D eigenvalue weighted by Gasteiger charge is 2.12. The van der Waals surface area contributed by atoms with Gasteiger partial charge in [-0.3, -0.25) is 0 Å². The predicted octanol–water partition coefficient (Wildman–Crippen LogP) is -1.67. The molecule has 7 heteroatoms. The van der Waals surface area contributed by atoms with Crippen molar-refractivity contribution < 1.29 is 43.1 Å². The first kappa shape index (κ1) is 26.1. The Balaban J connectivity index is 0.00000210. The molecule has 0 aliphatic carbocycles. The van der Waals surface area contributed by atoms with E-state index in [4.69, 9.17) is 0 Å². The Bertz CT molecular complexity index is 791. The van der Waals surface area contributed by atoms with Gasteiger partial charge < -0.3 is 34.0 Å². The number of aromatic nitrogens is 4. The van der Waals surface area contributed by atoms with Crippen LogP contribution in [0, 0.1) is 0 Å². The van der Waals surface area contributed by atoms with Crippen LogP contribution in [0.15, 0.2) is 60.1 Å². The number of hydrogen-bond donors (Lipinski definition) is 0. The molecule has 0 saturated heterocycles. The average molecular weight is 591 g/mol. The van der Waals surface area contributed by atoms with Gasteiger partial charge in [-0.15, -0.1) is 0 Å². The molecule has 0 N–H and O–H groups in total. The molecule has 2 heterocycles. The molecule has 0 saturated carbocycles. The smallest absolute Gasteiger partial charge is 0.244 e. The van der Waals surface area contributed by atoms with E-state index in [-0.39, 0.29) is 34.0 Å². The zero-order valence-corrected chi connectivity index (χ0v) is 22.0. The Labute approximate surface area is 204 Å². The van der Waals surface area contributed by atoms with Gasteiger partial charge >= 0.3 is 0 Å². The second-order valence-corrected chi connectivity index (χ2v) is 8.04. The van der Waals surface area contributed by atoms with Crippen LogP contribution in [-0.4, -0.2) is 9.13 Å². The van der Waals surface area contributed by atoms with Crippen molar-refractivity contribution in [2.45, 2.75) is 65.7 Å². The molecule has 2 aromatic heterocycles. The van der Waals surface area contributed by atoms with Crippen molar-refractivity contribution in [1.29, 1.82) is 0 Å². The topological polar surface area (TPSA) is 17.6 Å². The summed E-state index contributed by atoms with van der Waals surface area (Å²) in [5, 5.41) is 0. The summed E-state index contributed by atoms with van der Waals surface area (Å²) in [6, 6.07) is 6.58. The van der Waals surface area contributed by atoms with Crippen LogP contribution in [0.4, 0.5) is 0 Å². The predicted molar refractivity (Wildman–Crippen MR) is 111 cm³/mol. The Morgan fingerprint density at radius 2 is 1.24 bits per heavy atom. The molecule has 0 amide bonds. The maximum Gasteiger partial charge on any atom is 0.244 e. The highest BCUT2D eigenvalue weighted by Crippen LogP contribution is 2.21.